The molecule has 0 spiro atoms. The Bertz CT molecular complexity index is 1060. The van der Waals surface area contributed by atoms with Gasteiger partial charge in [0.05, 0.1) is 28.9 Å². The van der Waals surface area contributed by atoms with Crippen LogP contribution in [0.4, 0.5) is 0 Å². The van der Waals surface area contributed by atoms with E-state index in [0.717, 1.165) is 45.6 Å². The number of aromatic nitrogens is 1. The minimum Gasteiger partial charge on any atom is -0.379 e. The minimum absolute atomic E-state index is 0. The SMILES string of the molecule is C1=CC2=NC1=CC1=CCC(C=C3C=CC(=N3)C=c3ccc([nH]3)=C2)N1.[Na]. The quantitative estimate of drug-likeness (QED) is 0.689. The second-order valence-electron chi connectivity index (χ2n) is 6.20. The van der Waals surface area contributed by atoms with Gasteiger partial charge in [0, 0.05) is 46.0 Å². The molecule has 8 bridgehead atoms. The van der Waals surface area contributed by atoms with Gasteiger partial charge in [0.1, 0.15) is 0 Å². The van der Waals surface area contributed by atoms with Gasteiger partial charge in [0.15, 0.2) is 0 Å². The van der Waals surface area contributed by atoms with E-state index < -0.39 is 0 Å². The Kier molecular flexibility index (Phi) is 4.34. The molecule has 4 nitrogen and oxygen atoms in total. The average molecular weight is 335 g/mol. The van der Waals surface area contributed by atoms with Crippen molar-refractivity contribution < 1.29 is 0 Å². The number of aromatic amines is 1. The zero-order valence-corrected chi connectivity index (χ0v) is 16.0. The largest absolute Gasteiger partial charge is 0.379 e. The molecular formula is C20H16N4Na. The number of aliphatic imine (C=N–C) groups is 2. The van der Waals surface area contributed by atoms with Gasteiger partial charge >= 0.3 is 0 Å². The van der Waals surface area contributed by atoms with E-state index in [1.807, 2.05) is 18.2 Å². The summed E-state index contributed by atoms with van der Waals surface area (Å²) in [6.45, 7) is 0. The molecule has 1 radical (unpaired) electrons. The Labute approximate surface area is 167 Å². The van der Waals surface area contributed by atoms with E-state index in [-0.39, 0.29) is 35.6 Å². The van der Waals surface area contributed by atoms with Gasteiger partial charge in [0.2, 0.25) is 0 Å². The Morgan fingerprint density at radius 2 is 1.52 bits per heavy atom. The number of nitrogens with zero attached hydrogens (tertiary/aromatic N) is 2. The number of allylic oxidation sites excluding steroid dienone is 5. The number of rotatable bonds is 0. The van der Waals surface area contributed by atoms with Crippen LogP contribution in [0, 0.1) is 0 Å². The van der Waals surface area contributed by atoms with Gasteiger partial charge in [-0.15, -0.1) is 0 Å². The van der Waals surface area contributed by atoms with Crippen LogP contribution < -0.4 is 16.0 Å². The van der Waals surface area contributed by atoms with E-state index in [9.17, 15) is 0 Å². The van der Waals surface area contributed by atoms with Crippen molar-refractivity contribution in [3.8, 4) is 0 Å². The molecule has 1 aromatic rings. The predicted molar refractivity (Wildman–Crippen MR) is 104 cm³/mol. The summed E-state index contributed by atoms with van der Waals surface area (Å²) >= 11 is 0. The third-order valence-electron chi connectivity index (χ3n) is 4.32. The van der Waals surface area contributed by atoms with Crippen LogP contribution >= 0.6 is 0 Å². The number of fused-ring (bicyclic) bond motifs is 6. The summed E-state index contributed by atoms with van der Waals surface area (Å²) < 4.78 is 0. The normalized spacial score (nSPS) is 22.6. The second-order valence-corrected chi connectivity index (χ2v) is 6.20. The smallest absolute Gasteiger partial charge is 0.0658 e. The molecule has 25 heavy (non-hydrogen) atoms. The number of hydrogen-bond donors (Lipinski definition) is 2. The zero-order valence-electron chi connectivity index (χ0n) is 14.0. The van der Waals surface area contributed by atoms with Gasteiger partial charge in [-0.1, -0.05) is 6.08 Å². The molecule has 0 aliphatic carbocycles. The molecule has 117 valence electrons. The van der Waals surface area contributed by atoms with Gasteiger partial charge in [-0.3, -0.25) is 0 Å². The fraction of sp³-hybridized carbons (Fsp3) is 0.100. The Hall–Kier alpha value is -2.14. The second kappa shape index (κ2) is 6.64. The Balaban J connectivity index is 0.00000157. The minimum atomic E-state index is 0. The molecule has 1 unspecified atom stereocenters. The third kappa shape index (κ3) is 3.47. The van der Waals surface area contributed by atoms with Crippen molar-refractivity contribution in [2.24, 2.45) is 9.98 Å². The topological polar surface area (TPSA) is 52.5 Å². The maximum Gasteiger partial charge on any atom is 0.0658 e. The monoisotopic (exact) mass is 335 g/mol. The van der Waals surface area contributed by atoms with E-state index in [1.54, 1.807) is 0 Å². The number of nitrogens with one attached hydrogen (secondary N) is 2. The zero-order chi connectivity index (χ0) is 15.9. The summed E-state index contributed by atoms with van der Waals surface area (Å²) in [5.41, 5.74) is 5.02. The van der Waals surface area contributed by atoms with Crippen molar-refractivity contribution in [3.05, 3.63) is 82.5 Å². The summed E-state index contributed by atoms with van der Waals surface area (Å²) in [6, 6.07) is 4.40. The molecule has 5 heterocycles. The van der Waals surface area contributed by atoms with E-state index in [1.165, 1.54) is 0 Å². The first kappa shape index (κ1) is 16.3. The molecular weight excluding hydrogens is 319 g/mol. The van der Waals surface area contributed by atoms with E-state index in [2.05, 4.69) is 68.9 Å². The predicted octanol–water partition coefficient (Wildman–Crippen LogP) is 1.24. The molecule has 0 fully saturated rings. The first-order valence-electron chi connectivity index (χ1n) is 8.12. The van der Waals surface area contributed by atoms with Crippen LogP contribution in [0.15, 0.2) is 81.7 Å². The van der Waals surface area contributed by atoms with Gasteiger partial charge in [-0.05, 0) is 67.2 Å². The van der Waals surface area contributed by atoms with Gasteiger partial charge in [0.25, 0.3) is 0 Å². The van der Waals surface area contributed by atoms with Crippen LogP contribution in [-0.2, 0) is 0 Å². The molecule has 0 aromatic carbocycles. The molecule has 1 aromatic heterocycles. The van der Waals surface area contributed by atoms with Crippen LogP contribution in [0.5, 0.6) is 0 Å². The maximum atomic E-state index is 4.68. The molecule has 4 aliphatic rings. The first-order chi connectivity index (χ1) is 11.8. The first-order valence-corrected chi connectivity index (χ1v) is 8.12. The van der Waals surface area contributed by atoms with E-state index in [0.29, 0.717) is 0 Å². The van der Waals surface area contributed by atoms with Crippen molar-refractivity contribution in [1.82, 2.24) is 10.3 Å². The van der Waals surface area contributed by atoms with Crippen LogP contribution in [0.2, 0.25) is 0 Å². The molecule has 5 heteroatoms. The van der Waals surface area contributed by atoms with E-state index in [4.69, 9.17) is 0 Å². The molecule has 4 aliphatic heterocycles. The fourth-order valence-corrected chi connectivity index (χ4v) is 3.20. The number of hydrogen-bond acceptors (Lipinski definition) is 3. The molecule has 5 rings (SSSR count). The van der Waals surface area contributed by atoms with Crippen molar-refractivity contribution >= 4 is 53.1 Å². The van der Waals surface area contributed by atoms with Crippen molar-refractivity contribution in [1.29, 1.82) is 0 Å². The molecule has 0 saturated heterocycles. The van der Waals surface area contributed by atoms with E-state index >= 15 is 0 Å². The van der Waals surface area contributed by atoms with Crippen LogP contribution in [0.1, 0.15) is 6.42 Å². The number of H-pyrrole nitrogens is 1. The van der Waals surface area contributed by atoms with Crippen molar-refractivity contribution in [2.45, 2.75) is 12.5 Å². The molecule has 0 amide bonds. The van der Waals surface area contributed by atoms with Crippen LogP contribution in [0.25, 0.3) is 12.2 Å². The molecule has 1 atom stereocenters. The summed E-state index contributed by atoms with van der Waals surface area (Å²) in [4.78, 5) is 12.7. The summed E-state index contributed by atoms with van der Waals surface area (Å²) in [6.07, 6.45) is 19.8. The Morgan fingerprint density at radius 3 is 2.28 bits per heavy atom. The average Bonchev–Trinajstić information content (AvgIpc) is 3.32. The maximum absolute atomic E-state index is 4.68. The van der Waals surface area contributed by atoms with Crippen molar-refractivity contribution in [2.75, 3.05) is 0 Å². The standard InChI is InChI=1S/C20H16N4.Na/c1-2-14-10-16-5-6-18(23-16)12-20-8-7-19(24-20)11-17-4-3-15(22-17)9-13(1)21-14;/h1-7,9-12,20-21,24H,8H2;. The molecule has 0 saturated carbocycles. The van der Waals surface area contributed by atoms with Crippen molar-refractivity contribution in [3.63, 3.8) is 0 Å². The van der Waals surface area contributed by atoms with Gasteiger partial charge in [-0.2, -0.15) is 0 Å². The van der Waals surface area contributed by atoms with Gasteiger partial charge in [-0.25, -0.2) is 9.98 Å². The summed E-state index contributed by atoms with van der Waals surface area (Å²) in [5, 5.41) is 5.59. The third-order valence-corrected chi connectivity index (χ3v) is 4.32. The fourth-order valence-electron chi connectivity index (χ4n) is 3.20. The van der Waals surface area contributed by atoms with Crippen LogP contribution in [0.3, 0.4) is 0 Å². The summed E-state index contributed by atoms with van der Waals surface area (Å²) in [7, 11) is 0. The summed E-state index contributed by atoms with van der Waals surface area (Å²) in [5.74, 6) is 0. The van der Waals surface area contributed by atoms with Crippen LogP contribution in [-0.4, -0.2) is 52.0 Å². The molecule has 2 N–H and O–H groups in total. The van der Waals surface area contributed by atoms with Gasteiger partial charge < -0.3 is 10.3 Å². The Morgan fingerprint density at radius 1 is 0.840 bits per heavy atom.